The van der Waals surface area contributed by atoms with Gasteiger partial charge in [-0.3, -0.25) is 9.59 Å². The molecule has 0 fully saturated rings. The number of hydrogen-bond donors (Lipinski definition) is 1. The Morgan fingerprint density at radius 3 is 2.40 bits per heavy atom. The van der Waals surface area contributed by atoms with Gasteiger partial charge >= 0.3 is 0 Å². The van der Waals surface area contributed by atoms with E-state index in [0.717, 1.165) is 11.3 Å². The number of halogens is 2. The zero-order valence-corrected chi connectivity index (χ0v) is 15.5. The molecule has 0 radical (unpaired) electrons. The Balaban J connectivity index is 1.86. The summed E-state index contributed by atoms with van der Waals surface area (Å²) in [6, 6.07) is 14.5. The Morgan fingerprint density at radius 1 is 1.04 bits per heavy atom. The normalized spacial score (nSPS) is 10.4. The van der Waals surface area contributed by atoms with Crippen molar-refractivity contribution in [3.8, 4) is 0 Å². The molecule has 0 aromatic heterocycles. The topological polar surface area (TPSA) is 49.4 Å². The second-order valence-corrected chi connectivity index (χ2v) is 6.50. The zero-order valence-electron chi connectivity index (χ0n) is 14.0. The number of hydrogen-bond acceptors (Lipinski definition) is 2. The first-order chi connectivity index (χ1) is 12.0. The van der Waals surface area contributed by atoms with Crippen molar-refractivity contribution in [2.45, 2.75) is 19.8 Å². The Morgan fingerprint density at radius 2 is 1.76 bits per heavy atom. The maximum atomic E-state index is 12.0. The van der Waals surface area contributed by atoms with E-state index in [1.165, 1.54) is 6.92 Å². The molecule has 0 heterocycles. The largest absolute Gasteiger partial charge is 0.342 e. The predicted octanol–water partition coefficient (Wildman–Crippen LogP) is 4.41. The van der Waals surface area contributed by atoms with Gasteiger partial charge < -0.3 is 10.2 Å². The molecule has 0 unspecified atom stereocenters. The smallest absolute Gasteiger partial charge is 0.226 e. The molecule has 0 atom stereocenters. The van der Waals surface area contributed by atoms with E-state index < -0.39 is 0 Å². The molecule has 1 N–H and O–H groups in total. The molecular weight excluding hydrogens is 359 g/mol. The first-order valence-corrected chi connectivity index (χ1v) is 8.75. The van der Waals surface area contributed by atoms with Crippen LogP contribution >= 0.6 is 23.2 Å². The van der Waals surface area contributed by atoms with Gasteiger partial charge in [0, 0.05) is 42.2 Å². The summed E-state index contributed by atoms with van der Waals surface area (Å²) in [5.74, 6) is -0.195. The molecule has 2 rings (SSSR count). The number of amides is 2. The maximum Gasteiger partial charge on any atom is 0.226 e. The van der Waals surface area contributed by atoms with Crippen LogP contribution in [0.15, 0.2) is 48.5 Å². The molecule has 2 aromatic carbocycles. The lowest BCUT2D eigenvalue weighted by Gasteiger charge is -2.21. The highest BCUT2D eigenvalue weighted by atomic mass is 35.5. The van der Waals surface area contributed by atoms with Gasteiger partial charge in [-0.15, -0.1) is 0 Å². The van der Waals surface area contributed by atoms with E-state index in [4.69, 9.17) is 23.2 Å². The summed E-state index contributed by atoms with van der Waals surface area (Å²) in [6.07, 6.45) is 0.846. The van der Waals surface area contributed by atoms with Gasteiger partial charge in [-0.1, -0.05) is 47.5 Å². The van der Waals surface area contributed by atoms with E-state index in [-0.39, 0.29) is 18.2 Å². The third-order valence-corrected chi connectivity index (χ3v) is 4.36. The molecule has 0 aliphatic carbocycles. The molecule has 0 saturated heterocycles. The second-order valence-electron chi connectivity index (χ2n) is 5.66. The molecule has 0 bridgehead atoms. The van der Waals surface area contributed by atoms with Gasteiger partial charge in [0.1, 0.15) is 0 Å². The van der Waals surface area contributed by atoms with Gasteiger partial charge in [-0.05, 0) is 36.2 Å². The molecule has 132 valence electrons. The molecule has 0 aliphatic heterocycles. The monoisotopic (exact) mass is 378 g/mol. The third kappa shape index (κ3) is 6.40. The van der Waals surface area contributed by atoms with Crippen LogP contribution in [0.25, 0.3) is 0 Å². The fourth-order valence-corrected chi connectivity index (χ4v) is 2.89. The van der Waals surface area contributed by atoms with Crippen molar-refractivity contribution >= 4 is 40.7 Å². The van der Waals surface area contributed by atoms with E-state index in [1.807, 2.05) is 36.4 Å². The van der Waals surface area contributed by atoms with E-state index in [9.17, 15) is 9.59 Å². The summed E-state index contributed by atoms with van der Waals surface area (Å²) in [4.78, 5) is 25.5. The number of nitrogens with one attached hydrogen (secondary N) is 1. The predicted molar refractivity (Wildman–Crippen MR) is 102 cm³/mol. The van der Waals surface area contributed by atoms with Gasteiger partial charge in [0.15, 0.2) is 0 Å². The number of para-hydroxylation sites is 1. The van der Waals surface area contributed by atoms with Crippen LogP contribution in [0.1, 0.15) is 18.9 Å². The molecule has 25 heavy (non-hydrogen) atoms. The van der Waals surface area contributed by atoms with Gasteiger partial charge in [-0.25, -0.2) is 0 Å². The lowest BCUT2D eigenvalue weighted by atomic mass is 10.1. The highest BCUT2D eigenvalue weighted by molar-refractivity contribution is 6.35. The summed E-state index contributed by atoms with van der Waals surface area (Å²) < 4.78 is 0. The Labute approximate surface area is 157 Å². The number of carbonyl (C=O) groups is 2. The van der Waals surface area contributed by atoms with Crippen molar-refractivity contribution in [2.75, 3.05) is 18.4 Å². The maximum absolute atomic E-state index is 12.0. The minimum atomic E-state index is -0.123. The lowest BCUT2D eigenvalue weighted by molar-refractivity contribution is -0.129. The average molecular weight is 379 g/mol. The van der Waals surface area contributed by atoms with Gasteiger partial charge in [0.05, 0.1) is 0 Å². The van der Waals surface area contributed by atoms with Crippen molar-refractivity contribution in [3.05, 3.63) is 64.1 Å². The van der Waals surface area contributed by atoms with Crippen LogP contribution < -0.4 is 5.32 Å². The van der Waals surface area contributed by atoms with Crippen molar-refractivity contribution in [1.82, 2.24) is 4.90 Å². The highest BCUT2D eigenvalue weighted by Crippen LogP contribution is 2.21. The van der Waals surface area contributed by atoms with E-state index in [0.29, 0.717) is 29.6 Å². The van der Waals surface area contributed by atoms with Crippen LogP contribution in [0.3, 0.4) is 0 Å². The van der Waals surface area contributed by atoms with Crippen LogP contribution in [-0.2, 0) is 16.0 Å². The molecule has 2 aromatic rings. The fraction of sp³-hybridized carbons (Fsp3) is 0.263. The summed E-state index contributed by atoms with van der Waals surface area (Å²) in [5, 5.41) is 3.97. The van der Waals surface area contributed by atoms with Crippen LogP contribution in [-0.4, -0.2) is 29.8 Å². The first-order valence-electron chi connectivity index (χ1n) is 8.00. The van der Waals surface area contributed by atoms with Gasteiger partial charge in [0.25, 0.3) is 0 Å². The quantitative estimate of drug-likeness (QED) is 0.775. The van der Waals surface area contributed by atoms with Crippen molar-refractivity contribution < 1.29 is 9.59 Å². The number of anilines is 1. The summed E-state index contributed by atoms with van der Waals surface area (Å²) in [5.41, 5.74) is 1.67. The van der Waals surface area contributed by atoms with E-state index in [2.05, 4.69) is 5.32 Å². The molecule has 6 heteroatoms. The van der Waals surface area contributed by atoms with Crippen molar-refractivity contribution in [2.24, 2.45) is 0 Å². The van der Waals surface area contributed by atoms with Crippen LogP contribution in [0.2, 0.25) is 10.0 Å². The van der Waals surface area contributed by atoms with Crippen molar-refractivity contribution in [3.63, 3.8) is 0 Å². The van der Waals surface area contributed by atoms with E-state index >= 15 is 0 Å². The minimum Gasteiger partial charge on any atom is -0.342 e. The SMILES string of the molecule is CC(=O)N(CCC(=O)Nc1ccccc1)CCc1ccc(Cl)cc1Cl. The van der Waals surface area contributed by atoms with Crippen LogP contribution in [0.4, 0.5) is 5.69 Å². The van der Waals surface area contributed by atoms with Crippen LogP contribution in [0, 0.1) is 0 Å². The van der Waals surface area contributed by atoms with Gasteiger partial charge in [-0.2, -0.15) is 0 Å². The summed E-state index contributed by atoms with van der Waals surface area (Å²) >= 11 is 12.0. The third-order valence-electron chi connectivity index (χ3n) is 3.78. The van der Waals surface area contributed by atoms with Gasteiger partial charge in [0.2, 0.25) is 11.8 Å². The second kappa shape index (κ2) is 9.44. The zero-order chi connectivity index (χ0) is 18.2. The van der Waals surface area contributed by atoms with Crippen LogP contribution in [0.5, 0.6) is 0 Å². The fourth-order valence-electron chi connectivity index (χ4n) is 2.39. The first kappa shape index (κ1) is 19.3. The molecular formula is C19H20Cl2N2O2. The number of carbonyl (C=O) groups excluding carboxylic acids is 2. The van der Waals surface area contributed by atoms with Crippen molar-refractivity contribution in [1.29, 1.82) is 0 Å². The summed E-state index contributed by atoms with van der Waals surface area (Å²) in [7, 11) is 0. The minimum absolute atomic E-state index is 0.0717. The Bertz CT molecular complexity index is 735. The number of nitrogens with zero attached hydrogens (tertiary/aromatic N) is 1. The average Bonchev–Trinajstić information content (AvgIpc) is 2.57. The molecule has 2 amide bonds. The number of rotatable bonds is 7. The van der Waals surface area contributed by atoms with E-state index in [1.54, 1.807) is 17.0 Å². The molecule has 0 saturated carbocycles. The Hall–Kier alpha value is -2.04. The Kier molecular flexibility index (Phi) is 7.29. The molecule has 4 nitrogen and oxygen atoms in total. The number of benzene rings is 2. The summed E-state index contributed by atoms with van der Waals surface area (Å²) in [6.45, 7) is 2.35. The molecule has 0 aliphatic rings. The molecule has 0 spiro atoms. The highest BCUT2D eigenvalue weighted by Gasteiger charge is 2.12. The standard InChI is InChI=1S/C19H20Cl2N2O2/c1-14(24)23(11-9-15-7-8-16(20)13-18(15)21)12-10-19(25)22-17-5-3-2-4-6-17/h2-8,13H,9-12H2,1H3,(H,22,25). The lowest BCUT2D eigenvalue weighted by Crippen LogP contribution is -2.33.